The molecule has 0 spiro atoms. The zero-order valence-electron chi connectivity index (χ0n) is 21.0. The highest BCUT2D eigenvalue weighted by molar-refractivity contribution is 5.86. The number of nitrogens with zero attached hydrogens (tertiary/aromatic N) is 5. The quantitative estimate of drug-likeness (QED) is 0.399. The van der Waals surface area contributed by atoms with Gasteiger partial charge in [0.2, 0.25) is 0 Å². The molecule has 0 saturated carbocycles. The fourth-order valence-corrected chi connectivity index (χ4v) is 5.18. The third kappa shape index (κ3) is 4.70. The molecule has 7 nitrogen and oxygen atoms in total. The molecule has 36 heavy (non-hydrogen) atoms. The number of piperidine rings is 1. The third-order valence-corrected chi connectivity index (χ3v) is 7.08. The Morgan fingerprint density at radius 3 is 2.53 bits per heavy atom. The summed E-state index contributed by atoms with van der Waals surface area (Å²) in [6, 6.07) is 14.6. The van der Waals surface area contributed by atoms with Crippen LogP contribution in [0.5, 0.6) is 5.75 Å². The molecule has 1 saturated heterocycles. The van der Waals surface area contributed by atoms with Crippen LogP contribution in [-0.4, -0.2) is 56.2 Å². The Bertz CT molecular complexity index is 1350. The van der Waals surface area contributed by atoms with E-state index in [1.165, 1.54) is 6.07 Å². The Balaban J connectivity index is 1.38. The van der Waals surface area contributed by atoms with Gasteiger partial charge in [-0.3, -0.25) is 0 Å². The number of β-amino-alcohol motifs (C(OH)–C–C–N with tert-alkyl or cyclic N) is 1. The predicted octanol–water partition coefficient (Wildman–Crippen LogP) is 4.88. The summed E-state index contributed by atoms with van der Waals surface area (Å²) in [6.07, 6.45) is 1.30. The number of ether oxygens (including phenoxy) is 1. The van der Waals surface area contributed by atoms with E-state index in [9.17, 15) is 9.50 Å². The van der Waals surface area contributed by atoms with Crippen molar-refractivity contribution in [1.82, 2.24) is 24.9 Å². The molecule has 5 rings (SSSR count). The first-order valence-corrected chi connectivity index (χ1v) is 12.6. The monoisotopic (exact) mass is 489 g/mol. The number of aryl methyl sites for hydroxylation is 2. The molecule has 0 aliphatic carbocycles. The SMILES string of the molecule is CCOc1ccc(-n2nc3c(C4CCN(CC(O)c5ccccc5)CC4)nnc(C)c3c2C)c(F)c1. The number of aliphatic hydroxyl groups is 1. The highest BCUT2D eigenvalue weighted by Gasteiger charge is 2.28. The van der Waals surface area contributed by atoms with Gasteiger partial charge < -0.3 is 14.7 Å². The Hall–Kier alpha value is -3.36. The molecule has 188 valence electrons. The summed E-state index contributed by atoms with van der Waals surface area (Å²) in [6.45, 7) is 8.54. The van der Waals surface area contributed by atoms with Crippen LogP contribution in [0.25, 0.3) is 16.6 Å². The van der Waals surface area contributed by atoms with Gasteiger partial charge in [-0.1, -0.05) is 30.3 Å². The second-order valence-electron chi connectivity index (χ2n) is 9.44. The summed E-state index contributed by atoms with van der Waals surface area (Å²) in [4.78, 5) is 2.30. The molecule has 1 aliphatic rings. The number of aromatic nitrogens is 4. The largest absolute Gasteiger partial charge is 0.494 e. The van der Waals surface area contributed by atoms with Crippen molar-refractivity contribution in [2.45, 2.75) is 45.6 Å². The van der Waals surface area contributed by atoms with E-state index < -0.39 is 6.10 Å². The first-order valence-electron chi connectivity index (χ1n) is 12.6. The highest BCUT2D eigenvalue weighted by Crippen LogP contribution is 2.34. The molecule has 1 atom stereocenters. The fourth-order valence-electron chi connectivity index (χ4n) is 5.18. The standard InChI is InChI=1S/C28H32FN5O2/c1-4-36-22-10-11-24(23(29)16-22)34-19(3)26-18(2)30-31-27(28(26)32-34)21-12-14-33(15-13-21)17-25(35)20-8-6-5-7-9-20/h5-11,16,21,25,35H,4,12-15,17H2,1-3H3. The van der Waals surface area contributed by atoms with Gasteiger partial charge >= 0.3 is 0 Å². The van der Waals surface area contributed by atoms with Gasteiger partial charge in [0.05, 0.1) is 29.8 Å². The Kier molecular flexibility index (Phi) is 6.98. The van der Waals surface area contributed by atoms with Crippen molar-refractivity contribution in [1.29, 1.82) is 0 Å². The van der Waals surface area contributed by atoms with Crippen molar-refractivity contribution in [2.24, 2.45) is 0 Å². The van der Waals surface area contributed by atoms with Gasteiger partial charge in [-0.15, -0.1) is 0 Å². The summed E-state index contributed by atoms with van der Waals surface area (Å²) in [5.74, 6) is 0.318. The van der Waals surface area contributed by atoms with Crippen molar-refractivity contribution < 1.29 is 14.2 Å². The molecule has 0 bridgehead atoms. The molecular weight excluding hydrogens is 457 g/mol. The van der Waals surface area contributed by atoms with Gasteiger partial charge in [-0.2, -0.15) is 15.3 Å². The van der Waals surface area contributed by atoms with E-state index in [-0.39, 0.29) is 11.7 Å². The van der Waals surface area contributed by atoms with E-state index in [0.717, 1.165) is 59.5 Å². The number of fused-ring (bicyclic) bond motifs is 1. The van der Waals surface area contributed by atoms with Crippen molar-refractivity contribution >= 4 is 10.9 Å². The van der Waals surface area contributed by atoms with Crippen molar-refractivity contribution in [3.05, 3.63) is 77.0 Å². The Labute approximate surface area is 210 Å². The van der Waals surface area contributed by atoms with E-state index in [2.05, 4.69) is 15.1 Å². The van der Waals surface area contributed by atoms with E-state index in [0.29, 0.717) is 24.6 Å². The van der Waals surface area contributed by atoms with Gasteiger partial charge in [-0.05, 0) is 64.4 Å². The maximum atomic E-state index is 15.0. The molecule has 8 heteroatoms. The number of hydrogen-bond donors (Lipinski definition) is 1. The number of halogens is 1. The third-order valence-electron chi connectivity index (χ3n) is 7.08. The molecule has 1 unspecified atom stereocenters. The van der Waals surface area contributed by atoms with E-state index in [1.54, 1.807) is 16.8 Å². The highest BCUT2D eigenvalue weighted by atomic mass is 19.1. The van der Waals surface area contributed by atoms with Gasteiger partial charge in [0.1, 0.15) is 17.0 Å². The van der Waals surface area contributed by atoms with Crippen molar-refractivity contribution in [3.63, 3.8) is 0 Å². The lowest BCUT2D eigenvalue weighted by atomic mass is 9.91. The topological polar surface area (TPSA) is 76.3 Å². The summed E-state index contributed by atoms with van der Waals surface area (Å²) < 4.78 is 22.1. The van der Waals surface area contributed by atoms with E-state index in [4.69, 9.17) is 9.84 Å². The van der Waals surface area contributed by atoms with Crippen LogP contribution in [0, 0.1) is 19.7 Å². The minimum atomic E-state index is -0.504. The zero-order chi connectivity index (χ0) is 25.2. The first-order chi connectivity index (χ1) is 17.5. The van der Waals surface area contributed by atoms with Crippen LogP contribution in [0.4, 0.5) is 4.39 Å². The minimum absolute atomic E-state index is 0.207. The second-order valence-corrected chi connectivity index (χ2v) is 9.44. The van der Waals surface area contributed by atoms with Gasteiger partial charge in [-0.25, -0.2) is 9.07 Å². The van der Waals surface area contributed by atoms with E-state index >= 15 is 0 Å². The number of likely N-dealkylation sites (tertiary alicyclic amines) is 1. The lowest BCUT2D eigenvalue weighted by molar-refractivity contribution is 0.0970. The van der Waals surface area contributed by atoms with Crippen LogP contribution < -0.4 is 4.74 Å². The predicted molar refractivity (Wildman–Crippen MR) is 137 cm³/mol. The van der Waals surface area contributed by atoms with Crippen LogP contribution in [0.1, 0.15) is 54.4 Å². The summed E-state index contributed by atoms with van der Waals surface area (Å²) in [7, 11) is 0. The Morgan fingerprint density at radius 1 is 1.08 bits per heavy atom. The van der Waals surface area contributed by atoms with E-state index in [1.807, 2.05) is 51.1 Å². The smallest absolute Gasteiger partial charge is 0.152 e. The van der Waals surface area contributed by atoms with Crippen LogP contribution in [0.3, 0.4) is 0 Å². The molecule has 0 radical (unpaired) electrons. The fraction of sp³-hybridized carbons (Fsp3) is 0.393. The molecule has 2 aromatic heterocycles. The van der Waals surface area contributed by atoms with Gasteiger partial charge in [0.15, 0.2) is 5.82 Å². The number of benzene rings is 2. The molecule has 1 fully saturated rings. The van der Waals surface area contributed by atoms with Gasteiger partial charge in [0, 0.05) is 23.9 Å². The molecule has 3 heterocycles. The van der Waals surface area contributed by atoms with Crippen molar-refractivity contribution in [3.8, 4) is 11.4 Å². The average molecular weight is 490 g/mol. The summed E-state index contributed by atoms with van der Waals surface area (Å²) in [5, 5.41) is 25.4. The lowest BCUT2D eigenvalue weighted by Crippen LogP contribution is -2.36. The first kappa shape index (κ1) is 24.3. The maximum absolute atomic E-state index is 15.0. The normalized spacial score (nSPS) is 15.9. The molecule has 0 amide bonds. The zero-order valence-corrected chi connectivity index (χ0v) is 21.0. The van der Waals surface area contributed by atoms with Crippen LogP contribution in [0.2, 0.25) is 0 Å². The lowest BCUT2D eigenvalue weighted by Gasteiger charge is -2.32. The van der Waals surface area contributed by atoms with Gasteiger partial charge in [0.25, 0.3) is 0 Å². The molecule has 2 aromatic carbocycles. The number of hydrogen-bond acceptors (Lipinski definition) is 6. The number of aliphatic hydroxyl groups excluding tert-OH is 1. The maximum Gasteiger partial charge on any atom is 0.152 e. The summed E-state index contributed by atoms with van der Waals surface area (Å²) >= 11 is 0. The summed E-state index contributed by atoms with van der Waals surface area (Å²) in [5.41, 5.74) is 4.59. The van der Waals surface area contributed by atoms with Crippen LogP contribution >= 0.6 is 0 Å². The molecular formula is C28H32FN5O2. The average Bonchev–Trinajstić information content (AvgIpc) is 3.23. The Morgan fingerprint density at radius 2 is 1.83 bits per heavy atom. The minimum Gasteiger partial charge on any atom is -0.494 e. The second kappa shape index (κ2) is 10.3. The number of rotatable bonds is 7. The van der Waals surface area contributed by atoms with Crippen LogP contribution in [0.15, 0.2) is 48.5 Å². The molecule has 1 N–H and O–H groups in total. The molecule has 4 aromatic rings. The molecule has 1 aliphatic heterocycles. The van der Waals surface area contributed by atoms with Crippen LogP contribution in [-0.2, 0) is 0 Å². The van der Waals surface area contributed by atoms with Crippen molar-refractivity contribution in [2.75, 3.05) is 26.2 Å².